The van der Waals surface area contributed by atoms with Crippen LogP contribution in [0.25, 0.3) is 0 Å². The topological polar surface area (TPSA) is 86.5 Å². The minimum Gasteiger partial charge on any atom is -0.456 e. The van der Waals surface area contributed by atoms with Crippen LogP contribution in [0.3, 0.4) is 0 Å². The summed E-state index contributed by atoms with van der Waals surface area (Å²) >= 11 is 0. The van der Waals surface area contributed by atoms with Crippen LogP contribution in [0.15, 0.2) is 24.3 Å². The number of Topliss-reactive ketones (excluding diaryl/α,β-unsaturated/α-hetero) is 1. The van der Waals surface area contributed by atoms with Crippen molar-refractivity contribution in [2.45, 2.75) is 70.3 Å². The average molecular weight is 371 g/mol. The second kappa shape index (κ2) is 6.73. The fraction of sp³-hybridized carbons (Fsp3) is 0.619. The van der Waals surface area contributed by atoms with E-state index in [1.54, 1.807) is 12.1 Å². The highest BCUT2D eigenvalue weighted by atomic mass is 16.6. The Balaban J connectivity index is 1.79. The van der Waals surface area contributed by atoms with Gasteiger partial charge in [0.05, 0.1) is 10.3 Å². The van der Waals surface area contributed by atoms with E-state index in [9.17, 15) is 19.7 Å². The molecule has 0 bridgehead atoms. The Bertz CT molecular complexity index is 775. The maximum Gasteiger partial charge on any atom is 0.320 e. The summed E-state index contributed by atoms with van der Waals surface area (Å²) in [4.78, 5) is 37.6. The largest absolute Gasteiger partial charge is 0.456 e. The molecule has 0 N–H and O–H groups in total. The van der Waals surface area contributed by atoms with Crippen LogP contribution in [-0.4, -0.2) is 16.7 Å². The molecule has 1 heterocycles. The fourth-order valence-corrected chi connectivity index (χ4v) is 5.47. The quantitative estimate of drug-likeness (QED) is 0.326. The molecule has 6 nitrogen and oxygen atoms in total. The third kappa shape index (κ3) is 2.77. The van der Waals surface area contributed by atoms with Gasteiger partial charge < -0.3 is 4.74 Å². The predicted octanol–water partition coefficient (Wildman–Crippen LogP) is 4.66. The highest BCUT2D eigenvalue weighted by Gasteiger charge is 2.63. The van der Waals surface area contributed by atoms with E-state index in [1.165, 1.54) is 12.1 Å². The third-order valence-corrected chi connectivity index (χ3v) is 6.84. The van der Waals surface area contributed by atoms with Gasteiger partial charge in [0, 0.05) is 17.7 Å². The smallest absolute Gasteiger partial charge is 0.320 e. The van der Waals surface area contributed by atoms with Crippen LogP contribution in [0.5, 0.6) is 0 Å². The summed E-state index contributed by atoms with van der Waals surface area (Å²) in [7, 11) is 0. The number of cyclic esters (lactones) is 1. The minimum absolute atomic E-state index is 0.0417. The normalized spacial score (nSPS) is 26.7. The average Bonchev–Trinajstić information content (AvgIpc) is 2.71. The predicted molar refractivity (Wildman–Crippen MR) is 98.0 cm³/mol. The van der Waals surface area contributed by atoms with Gasteiger partial charge in [0.15, 0.2) is 5.78 Å². The van der Waals surface area contributed by atoms with E-state index >= 15 is 0 Å². The van der Waals surface area contributed by atoms with Crippen molar-refractivity contribution in [2.24, 2.45) is 10.8 Å². The van der Waals surface area contributed by atoms with Crippen LogP contribution in [-0.2, 0) is 14.3 Å². The van der Waals surface area contributed by atoms with Gasteiger partial charge in [0.1, 0.15) is 11.5 Å². The minimum atomic E-state index is -0.993. The Morgan fingerprint density at radius 1 is 0.963 bits per heavy atom. The van der Waals surface area contributed by atoms with Gasteiger partial charge >= 0.3 is 5.97 Å². The molecule has 1 atom stereocenters. The summed E-state index contributed by atoms with van der Waals surface area (Å²) in [6, 6.07) is 6.23. The number of carbonyl (C=O) groups excluding carboxylic acids is 2. The number of hydrogen-bond donors (Lipinski definition) is 0. The number of benzene rings is 1. The van der Waals surface area contributed by atoms with Crippen molar-refractivity contribution in [3.63, 3.8) is 0 Å². The molecule has 1 unspecified atom stereocenters. The van der Waals surface area contributed by atoms with E-state index < -0.39 is 27.8 Å². The Morgan fingerprint density at radius 2 is 1.59 bits per heavy atom. The molecule has 3 aliphatic rings. The van der Waals surface area contributed by atoms with Gasteiger partial charge in [0.2, 0.25) is 0 Å². The van der Waals surface area contributed by atoms with Gasteiger partial charge in [-0.1, -0.05) is 50.7 Å². The number of non-ortho nitro benzene ring substituents is 1. The molecule has 1 saturated heterocycles. The molecular weight excluding hydrogens is 346 g/mol. The second-order valence-electron chi connectivity index (χ2n) is 8.33. The van der Waals surface area contributed by atoms with Crippen LogP contribution in [0, 0.1) is 20.9 Å². The fourth-order valence-electron chi connectivity index (χ4n) is 5.47. The van der Waals surface area contributed by atoms with Gasteiger partial charge in [-0.3, -0.25) is 19.7 Å². The van der Waals surface area contributed by atoms with Crippen LogP contribution < -0.4 is 0 Å². The number of esters is 1. The molecule has 2 saturated carbocycles. The van der Waals surface area contributed by atoms with Crippen LogP contribution in [0.1, 0.15) is 75.9 Å². The number of ether oxygens (including phenoxy) is 1. The summed E-state index contributed by atoms with van der Waals surface area (Å²) in [6.07, 6.45) is 7.52. The zero-order valence-corrected chi connectivity index (χ0v) is 15.4. The van der Waals surface area contributed by atoms with E-state index in [-0.39, 0.29) is 11.5 Å². The highest BCUT2D eigenvalue weighted by molar-refractivity contribution is 6.09. The Kier molecular flexibility index (Phi) is 4.52. The van der Waals surface area contributed by atoms with Gasteiger partial charge in [0.25, 0.3) is 5.69 Å². The molecule has 3 fully saturated rings. The van der Waals surface area contributed by atoms with Crippen molar-refractivity contribution < 1.29 is 19.2 Å². The molecule has 144 valence electrons. The van der Waals surface area contributed by atoms with Crippen molar-refractivity contribution >= 4 is 17.4 Å². The van der Waals surface area contributed by atoms with Crippen LogP contribution in [0.4, 0.5) is 5.69 Å². The van der Waals surface area contributed by atoms with E-state index in [1.807, 2.05) is 0 Å². The van der Waals surface area contributed by atoms with Gasteiger partial charge in [-0.2, -0.15) is 0 Å². The Labute approximate surface area is 158 Å². The van der Waals surface area contributed by atoms with Crippen molar-refractivity contribution in [3.8, 4) is 0 Å². The summed E-state index contributed by atoms with van der Waals surface area (Å²) < 4.78 is 5.98. The van der Waals surface area contributed by atoms with Crippen molar-refractivity contribution in [1.82, 2.24) is 0 Å². The van der Waals surface area contributed by atoms with Crippen molar-refractivity contribution in [2.75, 3.05) is 0 Å². The van der Waals surface area contributed by atoms with Crippen LogP contribution in [0.2, 0.25) is 0 Å². The molecule has 27 heavy (non-hydrogen) atoms. The molecule has 0 radical (unpaired) electrons. The highest BCUT2D eigenvalue weighted by Crippen LogP contribution is 2.58. The lowest BCUT2D eigenvalue weighted by Crippen LogP contribution is -2.58. The number of nitro groups is 1. The molecule has 0 amide bonds. The number of rotatable bonds is 2. The lowest BCUT2D eigenvalue weighted by Gasteiger charge is -2.52. The van der Waals surface area contributed by atoms with E-state index in [4.69, 9.17) is 4.74 Å². The standard InChI is InChI=1S/C21H25NO5/c23-18-20(10-3-1-4-11-20)17(15-8-7-9-16(14-15)22(25)26)27-19(24)21(18)12-5-2-6-13-21/h7-9,14,17H,1-6,10-13H2. The Morgan fingerprint density at radius 3 is 2.22 bits per heavy atom. The zero-order chi connectivity index (χ0) is 19.1. The third-order valence-electron chi connectivity index (χ3n) is 6.84. The molecule has 6 heteroatoms. The first kappa shape index (κ1) is 18.1. The van der Waals surface area contributed by atoms with Crippen molar-refractivity contribution in [1.29, 1.82) is 0 Å². The molecule has 1 aliphatic heterocycles. The number of nitrogens with zero attached hydrogens (tertiary/aromatic N) is 1. The lowest BCUT2D eigenvalue weighted by atomic mass is 9.55. The first-order valence-electron chi connectivity index (χ1n) is 10.00. The molecule has 0 aromatic heterocycles. The molecule has 1 aromatic rings. The molecule has 4 rings (SSSR count). The van der Waals surface area contributed by atoms with Gasteiger partial charge in [-0.05, 0) is 25.7 Å². The number of hydrogen-bond acceptors (Lipinski definition) is 5. The van der Waals surface area contributed by atoms with Crippen LogP contribution >= 0.6 is 0 Å². The summed E-state index contributed by atoms with van der Waals surface area (Å²) in [5.41, 5.74) is -1.20. The number of carbonyl (C=O) groups is 2. The number of ketones is 1. The SMILES string of the molecule is O=C1OC(c2cccc([N+](=O)[O-])c2)C2(CCCCC2)C(=O)C12CCCCC2. The van der Waals surface area contributed by atoms with E-state index in [2.05, 4.69) is 0 Å². The molecule has 2 aliphatic carbocycles. The number of nitro benzene ring substituents is 1. The van der Waals surface area contributed by atoms with Crippen molar-refractivity contribution in [3.05, 3.63) is 39.9 Å². The summed E-state index contributed by atoms with van der Waals surface area (Å²) in [6.45, 7) is 0. The summed E-state index contributed by atoms with van der Waals surface area (Å²) in [5.74, 6) is -0.373. The Hall–Kier alpha value is -2.24. The van der Waals surface area contributed by atoms with Gasteiger partial charge in [-0.25, -0.2) is 0 Å². The maximum atomic E-state index is 13.9. The molecule has 1 aromatic carbocycles. The molecule has 2 spiro atoms. The lowest BCUT2D eigenvalue weighted by molar-refractivity contribution is -0.385. The van der Waals surface area contributed by atoms with Gasteiger partial charge in [-0.15, -0.1) is 0 Å². The monoisotopic (exact) mass is 371 g/mol. The second-order valence-corrected chi connectivity index (χ2v) is 8.33. The van der Waals surface area contributed by atoms with E-state index in [0.29, 0.717) is 31.2 Å². The zero-order valence-electron chi connectivity index (χ0n) is 15.4. The maximum absolute atomic E-state index is 13.9. The first-order chi connectivity index (χ1) is 13.0. The summed E-state index contributed by atoms with van der Waals surface area (Å²) in [5, 5.41) is 11.2. The first-order valence-corrected chi connectivity index (χ1v) is 10.00. The van der Waals surface area contributed by atoms with E-state index in [0.717, 1.165) is 38.5 Å². The molecular formula is C21H25NO5.